The van der Waals surface area contributed by atoms with Gasteiger partial charge in [-0.25, -0.2) is 8.42 Å². The lowest BCUT2D eigenvalue weighted by molar-refractivity contribution is 0.364. The number of sulfone groups is 1. The molecule has 0 fully saturated rings. The van der Waals surface area contributed by atoms with Crippen molar-refractivity contribution < 1.29 is 8.42 Å². The molecule has 3 nitrogen and oxygen atoms in total. The standard InChI is InChI=1S/C13H19NO2S/c1-4-14-13-9(2)10(3)17(15,16)12-8-6-5-7-11(12)13/h5-10,13-14H,4H2,1-3H3. The van der Waals surface area contributed by atoms with E-state index in [2.05, 4.69) is 5.32 Å². The van der Waals surface area contributed by atoms with Gasteiger partial charge in [-0.2, -0.15) is 0 Å². The third-order valence-electron chi connectivity index (χ3n) is 3.74. The van der Waals surface area contributed by atoms with Crippen molar-refractivity contribution in [3.05, 3.63) is 29.8 Å². The summed E-state index contributed by atoms with van der Waals surface area (Å²) in [6, 6.07) is 7.47. The van der Waals surface area contributed by atoms with Crippen LogP contribution in [0.25, 0.3) is 0 Å². The molecule has 17 heavy (non-hydrogen) atoms. The summed E-state index contributed by atoms with van der Waals surface area (Å²) in [6.07, 6.45) is 0. The quantitative estimate of drug-likeness (QED) is 0.878. The summed E-state index contributed by atoms with van der Waals surface area (Å²) in [5.41, 5.74) is 0.917. The second-order valence-corrected chi connectivity index (χ2v) is 6.96. The Bertz CT molecular complexity index is 510. The second-order valence-electron chi connectivity index (χ2n) is 4.68. The van der Waals surface area contributed by atoms with Crippen LogP contribution in [-0.2, 0) is 9.84 Å². The van der Waals surface area contributed by atoms with Crippen LogP contribution in [0.1, 0.15) is 32.4 Å². The van der Waals surface area contributed by atoms with E-state index in [1.165, 1.54) is 0 Å². The van der Waals surface area contributed by atoms with Crippen molar-refractivity contribution in [2.75, 3.05) is 6.54 Å². The molecule has 0 saturated carbocycles. The highest BCUT2D eigenvalue weighted by Gasteiger charge is 2.40. The molecule has 0 aliphatic carbocycles. The molecule has 3 atom stereocenters. The average Bonchev–Trinajstić information content (AvgIpc) is 2.33. The monoisotopic (exact) mass is 253 g/mol. The van der Waals surface area contributed by atoms with Gasteiger partial charge >= 0.3 is 0 Å². The summed E-state index contributed by atoms with van der Waals surface area (Å²) < 4.78 is 24.7. The van der Waals surface area contributed by atoms with Crippen molar-refractivity contribution in [3.8, 4) is 0 Å². The largest absolute Gasteiger partial charge is 0.310 e. The predicted molar refractivity (Wildman–Crippen MR) is 68.7 cm³/mol. The molecule has 0 bridgehead atoms. The van der Waals surface area contributed by atoms with Crippen LogP contribution in [0.15, 0.2) is 29.2 Å². The van der Waals surface area contributed by atoms with Crippen LogP contribution in [0, 0.1) is 5.92 Å². The number of hydrogen-bond acceptors (Lipinski definition) is 3. The summed E-state index contributed by atoms with van der Waals surface area (Å²) in [7, 11) is -3.16. The molecular weight excluding hydrogens is 234 g/mol. The lowest BCUT2D eigenvalue weighted by atomic mass is 9.91. The average molecular weight is 253 g/mol. The van der Waals surface area contributed by atoms with Crippen molar-refractivity contribution in [2.45, 2.75) is 37.0 Å². The number of fused-ring (bicyclic) bond motifs is 1. The van der Waals surface area contributed by atoms with Gasteiger partial charge in [0, 0.05) is 6.04 Å². The number of hydrogen-bond donors (Lipinski definition) is 1. The smallest absolute Gasteiger partial charge is 0.181 e. The van der Waals surface area contributed by atoms with Crippen LogP contribution in [0.4, 0.5) is 0 Å². The van der Waals surface area contributed by atoms with Crippen molar-refractivity contribution in [3.63, 3.8) is 0 Å². The molecule has 0 radical (unpaired) electrons. The zero-order valence-electron chi connectivity index (χ0n) is 10.5. The second kappa shape index (κ2) is 4.42. The molecule has 1 aliphatic heterocycles. The molecule has 0 saturated heterocycles. The first-order valence-corrected chi connectivity index (χ1v) is 7.61. The molecule has 3 unspecified atom stereocenters. The summed E-state index contributed by atoms with van der Waals surface area (Å²) in [5, 5.41) is 3.06. The fourth-order valence-corrected chi connectivity index (χ4v) is 4.46. The lowest BCUT2D eigenvalue weighted by Crippen LogP contribution is -2.41. The Balaban J connectivity index is 2.61. The van der Waals surface area contributed by atoms with E-state index in [1.54, 1.807) is 19.1 Å². The molecule has 94 valence electrons. The van der Waals surface area contributed by atoms with Gasteiger partial charge in [0.1, 0.15) is 0 Å². The predicted octanol–water partition coefficient (Wildman–Crippen LogP) is 2.15. The molecule has 2 rings (SSSR count). The molecule has 0 aromatic heterocycles. The Kier molecular flexibility index (Phi) is 3.27. The highest BCUT2D eigenvalue weighted by atomic mass is 32.2. The van der Waals surface area contributed by atoms with E-state index in [0.717, 1.165) is 12.1 Å². The van der Waals surface area contributed by atoms with Gasteiger partial charge in [0.2, 0.25) is 0 Å². The van der Waals surface area contributed by atoms with E-state index in [0.29, 0.717) is 4.90 Å². The Morgan fingerprint density at radius 2 is 1.88 bits per heavy atom. The zero-order valence-corrected chi connectivity index (χ0v) is 11.3. The van der Waals surface area contributed by atoms with E-state index in [9.17, 15) is 8.42 Å². The van der Waals surface area contributed by atoms with Gasteiger partial charge in [0.15, 0.2) is 9.84 Å². The summed E-state index contributed by atoms with van der Waals surface area (Å²) in [6.45, 7) is 6.70. The molecule has 1 N–H and O–H groups in total. The van der Waals surface area contributed by atoms with E-state index in [-0.39, 0.29) is 17.2 Å². The number of nitrogens with one attached hydrogen (secondary N) is 1. The minimum Gasteiger partial charge on any atom is -0.310 e. The molecule has 0 spiro atoms. The minimum absolute atomic E-state index is 0.0925. The summed E-state index contributed by atoms with van der Waals surface area (Å²) in [5.74, 6) is 0.0925. The summed E-state index contributed by atoms with van der Waals surface area (Å²) >= 11 is 0. The molecule has 1 aliphatic rings. The molecular formula is C13H19NO2S. The number of benzene rings is 1. The maximum Gasteiger partial charge on any atom is 0.181 e. The Labute approximate surface area is 103 Å². The van der Waals surface area contributed by atoms with Crippen molar-refractivity contribution in [1.82, 2.24) is 5.32 Å². The highest BCUT2D eigenvalue weighted by molar-refractivity contribution is 7.92. The zero-order chi connectivity index (χ0) is 12.6. The van der Waals surface area contributed by atoms with Crippen molar-refractivity contribution in [2.24, 2.45) is 5.92 Å². The van der Waals surface area contributed by atoms with Crippen LogP contribution < -0.4 is 5.32 Å². The highest BCUT2D eigenvalue weighted by Crippen LogP contribution is 2.39. The SMILES string of the molecule is CCNC1c2ccccc2S(=O)(=O)C(C)C1C. The van der Waals surface area contributed by atoms with Crippen LogP contribution in [0.3, 0.4) is 0 Å². The molecule has 0 amide bonds. The maximum absolute atomic E-state index is 12.3. The van der Waals surface area contributed by atoms with Crippen LogP contribution in [0.2, 0.25) is 0 Å². The van der Waals surface area contributed by atoms with Gasteiger partial charge in [-0.3, -0.25) is 0 Å². The first-order valence-electron chi connectivity index (χ1n) is 6.06. The van der Waals surface area contributed by atoms with Gasteiger partial charge in [0.25, 0.3) is 0 Å². The first kappa shape index (κ1) is 12.6. The number of rotatable bonds is 2. The maximum atomic E-state index is 12.3. The van der Waals surface area contributed by atoms with E-state index < -0.39 is 9.84 Å². The van der Waals surface area contributed by atoms with Gasteiger partial charge in [-0.05, 0) is 31.0 Å². The Morgan fingerprint density at radius 1 is 1.24 bits per heavy atom. The minimum atomic E-state index is -3.16. The molecule has 4 heteroatoms. The third kappa shape index (κ3) is 1.89. The fraction of sp³-hybridized carbons (Fsp3) is 0.538. The molecule has 1 aromatic rings. The normalized spacial score (nSPS) is 30.9. The van der Waals surface area contributed by atoms with Gasteiger partial charge in [-0.1, -0.05) is 32.0 Å². The first-order chi connectivity index (χ1) is 8.00. The van der Waals surface area contributed by atoms with Crippen LogP contribution in [-0.4, -0.2) is 20.2 Å². The van der Waals surface area contributed by atoms with E-state index in [1.807, 2.05) is 26.0 Å². The summed E-state index contributed by atoms with van der Waals surface area (Å²) in [4.78, 5) is 0.497. The van der Waals surface area contributed by atoms with Crippen molar-refractivity contribution in [1.29, 1.82) is 0 Å². The Morgan fingerprint density at radius 3 is 2.53 bits per heavy atom. The molecule has 1 aromatic carbocycles. The van der Waals surface area contributed by atoms with Crippen molar-refractivity contribution >= 4 is 9.84 Å². The van der Waals surface area contributed by atoms with E-state index in [4.69, 9.17) is 0 Å². The topological polar surface area (TPSA) is 46.2 Å². The van der Waals surface area contributed by atoms with Crippen LogP contribution in [0.5, 0.6) is 0 Å². The van der Waals surface area contributed by atoms with Gasteiger partial charge < -0.3 is 5.32 Å². The van der Waals surface area contributed by atoms with Gasteiger partial charge in [-0.15, -0.1) is 0 Å². The molecule has 1 heterocycles. The van der Waals surface area contributed by atoms with Gasteiger partial charge in [0.05, 0.1) is 10.1 Å². The third-order valence-corrected chi connectivity index (χ3v) is 6.13. The van der Waals surface area contributed by atoms with Crippen LogP contribution >= 0.6 is 0 Å². The van der Waals surface area contributed by atoms with E-state index >= 15 is 0 Å². The lowest BCUT2D eigenvalue weighted by Gasteiger charge is -2.36. The Hall–Kier alpha value is -0.870. The fourth-order valence-electron chi connectivity index (χ4n) is 2.55.